The number of hydrogen-bond acceptors (Lipinski definition) is 2. The average molecular weight is 191 g/mol. The minimum absolute atomic E-state index is 0.231. The number of carbonyl (C=O) groups is 1. The van der Waals surface area contributed by atoms with Crippen LogP contribution in [0.25, 0.3) is 0 Å². The summed E-state index contributed by atoms with van der Waals surface area (Å²) < 4.78 is 0. The Kier molecular flexibility index (Phi) is 3.81. The monoisotopic (exact) mass is 191 g/mol. The summed E-state index contributed by atoms with van der Waals surface area (Å²) in [7, 11) is 1.75. The second kappa shape index (κ2) is 4.89. The van der Waals surface area contributed by atoms with Crippen LogP contribution in [0.5, 0.6) is 0 Å². The lowest BCUT2D eigenvalue weighted by Gasteiger charge is -2.14. The summed E-state index contributed by atoms with van der Waals surface area (Å²) in [6.07, 6.45) is 6.42. The quantitative estimate of drug-likeness (QED) is 0.586. The van der Waals surface area contributed by atoms with Crippen molar-refractivity contribution in [2.24, 2.45) is 4.99 Å². The zero-order chi connectivity index (χ0) is 10.6. The van der Waals surface area contributed by atoms with Crippen LogP contribution in [0.3, 0.4) is 0 Å². The molecule has 0 saturated heterocycles. The van der Waals surface area contributed by atoms with Gasteiger partial charge in [-0.1, -0.05) is 11.6 Å². The zero-order valence-electron chi connectivity index (χ0n) is 9.13. The summed E-state index contributed by atoms with van der Waals surface area (Å²) in [6.45, 7) is 4.04. The first-order valence-corrected chi connectivity index (χ1v) is 4.99. The van der Waals surface area contributed by atoms with Crippen molar-refractivity contribution >= 4 is 11.5 Å². The van der Waals surface area contributed by atoms with Gasteiger partial charge in [0.05, 0.1) is 0 Å². The van der Waals surface area contributed by atoms with E-state index >= 15 is 0 Å². The minimum Gasteiger partial charge on any atom is -0.294 e. The lowest BCUT2D eigenvalue weighted by atomic mass is 9.91. The predicted molar refractivity (Wildman–Crippen MR) is 59.7 cm³/mol. The summed E-state index contributed by atoms with van der Waals surface area (Å²) in [5.74, 6) is 0.231. The first-order valence-electron chi connectivity index (χ1n) is 4.99. The Balaban J connectivity index is 2.96. The van der Waals surface area contributed by atoms with E-state index in [4.69, 9.17) is 0 Å². The highest BCUT2D eigenvalue weighted by Gasteiger charge is 2.19. The van der Waals surface area contributed by atoms with Gasteiger partial charge >= 0.3 is 0 Å². The highest BCUT2D eigenvalue weighted by atomic mass is 16.1. The van der Waals surface area contributed by atoms with Crippen LogP contribution in [-0.2, 0) is 4.79 Å². The van der Waals surface area contributed by atoms with Crippen LogP contribution in [0.15, 0.2) is 28.3 Å². The van der Waals surface area contributed by atoms with Crippen molar-refractivity contribution in [1.29, 1.82) is 0 Å². The molecule has 0 N–H and O–H groups in total. The Morgan fingerprint density at radius 2 is 2.07 bits per heavy atom. The third kappa shape index (κ3) is 2.66. The number of aliphatic imine (C=N–C) groups is 1. The van der Waals surface area contributed by atoms with E-state index in [-0.39, 0.29) is 5.78 Å². The van der Waals surface area contributed by atoms with Gasteiger partial charge in [0.2, 0.25) is 0 Å². The maximum Gasteiger partial charge on any atom is 0.164 e. The molecule has 0 radical (unpaired) electrons. The van der Waals surface area contributed by atoms with E-state index in [1.807, 2.05) is 26.0 Å². The van der Waals surface area contributed by atoms with E-state index in [0.717, 1.165) is 24.1 Å². The minimum atomic E-state index is 0.231. The molecule has 0 atom stereocenters. The van der Waals surface area contributed by atoms with E-state index in [0.29, 0.717) is 6.42 Å². The molecule has 0 amide bonds. The van der Waals surface area contributed by atoms with Crippen molar-refractivity contribution in [3.8, 4) is 0 Å². The molecular formula is C12H17NO. The zero-order valence-corrected chi connectivity index (χ0v) is 9.13. The van der Waals surface area contributed by atoms with Crippen LogP contribution >= 0.6 is 0 Å². The maximum absolute atomic E-state index is 11.6. The predicted octanol–water partition coefficient (Wildman–Crippen LogP) is 2.70. The van der Waals surface area contributed by atoms with Gasteiger partial charge in [-0.3, -0.25) is 9.79 Å². The van der Waals surface area contributed by atoms with Crippen molar-refractivity contribution in [1.82, 2.24) is 0 Å². The molecule has 0 unspecified atom stereocenters. The Labute approximate surface area is 85.4 Å². The first-order chi connectivity index (χ1) is 6.65. The van der Waals surface area contributed by atoms with E-state index < -0.39 is 0 Å². The van der Waals surface area contributed by atoms with Gasteiger partial charge < -0.3 is 0 Å². The molecule has 2 heteroatoms. The van der Waals surface area contributed by atoms with Crippen LogP contribution in [0, 0.1) is 0 Å². The largest absolute Gasteiger partial charge is 0.294 e. The number of hydrogen-bond donors (Lipinski definition) is 0. The summed E-state index contributed by atoms with van der Waals surface area (Å²) in [6, 6.07) is 0. The maximum atomic E-state index is 11.6. The molecule has 1 fully saturated rings. The van der Waals surface area contributed by atoms with Gasteiger partial charge in [-0.05, 0) is 32.8 Å². The topological polar surface area (TPSA) is 29.4 Å². The molecule has 0 aromatic rings. The lowest BCUT2D eigenvalue weighted by Crippen LogP contribution is -2.18. The number of allylic oxidation sites excluding steroid dienone is 4. The molecule has 0 heterocycles. The first kappa shape index (κ1) is 10.9. The van der Waals surface area contributed by atoms with E-state index in [1.54, 1.807) is 7.05 Å². The molecule has 1 rings (SSSR count). The molecule has 0 bridgehead atoms. The Morgan fingerprint density at radius 1 is 1.36 bits per heavy atom. The molecule has 0 aromatic carbocycles. The average Bonchev–Trinajstić information content (AvgIpc) is 2.15. The summed E-state index contributed by atoms with van der Waals surface area (Å²) >= 11 is 0. The number of rotatable bonds is 1. The van der Waals surface area contributed by atoms with Crippen LogP contribution in [-0.4, -0.2) is 18.5 Å². The van der Waals surface area contributed by atoms with Gasteiger partial charge in [-0.2, -0.15) is 0 Å². The van der Waals surface area contributed by atoms with Crippen LogP contribution in [0.2, 0.25) is 0 Å². The third-order valence-electron chi connectivity index (χ3n) is 2.28. The van der Waals surface area contributed by atoms with Gasteiger partial charge in [-0.15, -0.1) is 0 Å². The molecule has 1 saturated carbocycles. The molecule has 0 aromatic heterocycles. The number of carbonyl (C=O) groups excluding carboxylic acids is 1. The highest BCUT2D eigenvalue weighted by molar-refractivity contribution is 6.24. The van der Waals surface area contributed by atoms with Crippen LogP contribution in [0.4, 0.5) is 0 Å². The van der Waals surface area contributed by atoms with Gasteiger partial charge in [0, 0.05) is 24.8 Å². The van der Waals surface area contributed by atoms with Crippen molar-refractivity contribution in [3.63, 3.8) is 0 Å². The molecule has 2 nitrogen and oxygen atoms in total. The highest BCUT2D eigenvalue weighted by Crippen LogP contribution is 2.18. The number of ketones is 1. The van der Waals surface area contributed by atoms with E-state index in [2.05, 4.69) is 4.99 Å². The normalized spacial score (nSPS) is 22.9. The Morgan fingerprint density at radius 3 is 2.64 bits per heavy atom. The van der Waals surface area contributed by atoms with Gasteiger partial charge in [0.15, 0.2) is 5.78 Å². The van der Waals surface area contributed by atoms with Crippen molar-refractivity contribution < 1.29 is 4.79 Å². The van der Waals surface area contributed by atoms with Crippen molar-refractivity contribution in [2.75, 3.05) is 7.05 Å². The van der Waals surface area contributed by atoms with Crippen LogP contribution in [0.1, 0.15) is 33.1 Å². The van der Waals surface area contributed by atoms with E-state index in [9.17, 15) is 4.79 Å². The SMILES string of the molecule is CN=C1CCCC(=O)C1=CC=C(C)C. The smallest absolute Gasteiger partial charge is 0.164 e. The summed E-state index contributed by atoms with van der Waals surface area (Å²) in [4.78, 5) is 15.8. The van der Waals surface area contributed by atoms with Crippen molar-refractivity contribution in [2.45, 2.75) is 33.1 Å². The Bertz CT molecular complexity index is 317. The second-order valence-corrected chi connectivity index (χ2v) is 3.77. The Hall–Kier alpha value is -1.18. The number of nitrogens with zero attached hydrogens (tertiary/aromatic N) is 1. The fraction of sp³-hybridized carbons (Fsp3) is 0.500. The second-order valence-electron chi connectivity index (χ2n) is 3.77. The van der Waals surface area contributed by atoms with Crippen LogP contribution < -0.4 is 0 Å². The fourth-order valence-corrected chi connectivity index (χ4v) is 1.52. The molecule has 1 aliphatic rings. The summed E-state index contributed by atoms with van der Waals surface area (Å²) in [5.41, 5.74) is 2.96. The summed E-state index contributed by atoms with van der Waals surface area (Å²) in [5, 5.41) is 0. The van der Waals surface area contributed by atoms with Gasteiger partial charge in [0.25, 0.3) is 0 Å². The lowest BCUT2D eigenvalue weighted by molar-refractivity contribution is -0.115. The van der Waals surface area contributed by atoms with Gasteiger partial charge in [-0.25, -0.2) is 0 Å². The molecule has 76 valence electrons. The van der Waals surface area contributed by atoms with E-state index in [1.165, 1.54) is 5.57 Å². The fourth-order valence-electron chi connectivity index (χ4n) is 1.52. The standard InChI is InChI=1S/C12H17NO/c1-9(2)7-8-10-11(13-3)5-4-6-12(10)14/h7-8H,4-6H2,1-3H3. The van der Waals surface area contributed by atoms with Crippen molar-refractivity contribution in [3.05, 3.63) is 23.3 Å². The molecule has 14 heavy (non-hydrogen) atoms. The third-order valence-corrected chi connectivity index (χ3v) is 2.28. The molecule has 0 spiro atoms. The van der Waals surface area contributed by atoms with Gasteiger partial charge in [0.1, 0.15) is 0 Å². The number of Topliss-reactive ketones (excluding diaryl/α,β-unsaturated/α-hetero) is 1. The molecular weight excluding hydrogens is 174 g/mol. The molecule has 1 aliphatic carbocycles. The molecule has 0 aliphatic heterocycles.